The fourth-order valence-corrected chi connectivity index (χ4v) is 2.45. The highest BCUT2D eigenvalue weighted by Crippen LogP contribution is 2.51. The summed E-state index contributed by atoms with van der Waals surface area (Å²) in [7, 11) is 0. The lowest BCUT2D eigenvalue weighted by atomic mass is 9.93. The molecule has 0 spiro atoms. The van der Waals surface area contributed by atoms with Crippen LogP contribution in [0.5, 0.6) is 5.75 Å². The maximum Gasteiger partial charge on any atom is 0.122 e. The molecule has 2 rings (SSSR count). The van der Waals surface area contributed by atoms with Crippen molar-refractivity contribution in [3.05, 3.63) is 27.7 Å². The summed E-state index contributed by atoms with van der Waals surface area (Å²) in [5.74, 6) is 0.413. The molecule has 1 aliphatic rings. The molecule has 0 heterocycles. The van der Waals surface area contributed by atoms with Gasteiger partial charge in [-0.3, -0.25) is 0 Å². The van der Waals surface area contributed by atoms with Crippen LogP contribution in [0.3, 0.4) is 0 Å². The highest BCUT2D eigenvalue weighted by Gasteiger charge is 2.44. The smallest absolute Gasteiger partial charge is 0.122 e. The molecule has 14 heavy (non-hydrogen) atoms. The van der Waals surface area contributed by atoms with E-state index in [1.54, 1.807) is 0 Å². The fourth-order valence-electron chi connectivity index (χ4n) is 1.87. The quantitative estimate of drug-likeness (QED) is 0.853. The van der Waals surface area contributed by atoms with Gasteiger partial charge in [-0.25, -0.2) is 0 Å². The van der Waals surface area contributed by atoms with E-state index in [9.17, 15) is 5.11 Å². The predicted octanol–water partition coefficient (Wildman–Crippen LogP) is 2.45. The maximum atomic E-state index is 9.95. The zero-order valence-corrected chi connectivity index (χ0v) is 9.76. The van der Waals surface area contributed by atoms with E-state index in [2.05, 4.69) is 15.9 Å². The molecule has 76 valence electrons. The molecular formula is C11H14BrNO. The number of benzene rings is 1. The van der Waals surface area contributed by atoms with Gasteiger partial charge in [0.05, 0.1) is 0 Å². The van der Waals surface area contributed by atoms with Crippen LogP contribution in [-0.2, 0) is 5.41 Å². The van der Waals surface area contributed by atoms with E-state index in [-0.39, 0.29) is 5.41 Å². The van der Waals surface area contributed by atoms with Crippen molar-refractivity contribution in [3.8, 4) is 5.75 Å². The number of phenolic OH excluding ortho intramolecular Hbond substituents is 1. The Balaban J connectivity index is 2.52. The van der Waals surface area contributed by atoms with Crippen LogP contribution >= 0.6 is 15.9 Å². The van der Waals surface area contributed by atoms with Gasteiger partial charge in [0.15, 0.2) is 0 Å². The Hall–Kier alpha value is -0.540. The van der Waals surface area contributed by atoms with Gasteiger partial charge in [0.25, 0.3) is 0 Å². The molecule has 0 aromatic heterocycles. The normalized spacial score (nSPS) is 18.2. The summed E-state index contributed by atoms with van der Waals surface area (Å²) >= 11 is 3.44. The van der Waals surface area contributed by atoms with Gasteiger partial charge in [-0.15, -0.1) is 0 Å². The number of hydrogen-bond acceptors (Lipinski definition) is 2. The van der Waals surface area contributed by atoms with Crippen molar-refractivity contribution in [1.29, 1.82) is 0 Å². The Morgan fingerprint density at radius 2 is 2.14 bits per heavy atom. The minimum Gasteiger partial charge on any atom is -0.507 e. The zero-order chi connectivity index (χ0) is 10.3. The van der Waals surface area contributed by atoms with Crippen LogP contribution in [0.25, 0.3) is 0 Å². The van der Waals surface area contributed by atoms with Crippen molar-refractivity contribution < 1.29 is 5.11 Å². The number of halogens is 1. The topological polar surface area (TPSA) is 46.2 Å². The third-order valence-electron chi connectivity index (χ3n) is 3.08. The largest absolute Gasteiger partial charge is 0.507 e. The van der Waals surface area contributed by atoms with E-state index in [1.807, 2.05) is 19.1 Å². The molecule has 1 aromatic rings. The van der Waals surface area contributed by atoms with Crippen molar-refractivity contribution >= 4 is 15.9 Å². The van der Waals surface area contributed by atoms with E-state index in [0.717, 1.165) is 28.4 Å². The van der Waals surface area contributed by atoms with Gasteiger partial charge in [-0.2, -0.15) is 0 Å². The molecule has 0 radical (unpaired) electrons. The van der Waals surface area contributed by atoms with Crippen molar-refractivity contribution in [2.45, 2.75) is 25.2 Å². The number of rotatable bonds is 2. The lowest BCUT2D eigenvalue weighted by molar-refractivity contribution is 0.454. The van der Waals surface area contributed by atoms with E-state index < -0.39 is 0 Å². The minimum absolute atomic E-state index is 0.0542. The van der Waals surface area contributed by atoms with Crippen LogP contribution in [0, 0.1) is 6.92 Å². The molecular weight excluding hydrogens is 242 g/mol. The highest BCUT2D eigenvalue weighted by atomic mass is 79.9. The minimum atomic E-state index is 0.0542. The second kappa shape index (κ2) is 3.24. The van der Waals surface area contributed by atoms with Crippen LogP contribution in [0.15, 0.2) is 16.6 Å². The summed E-state index contributed by atoms with van der Waals surface area (Å²) in [5.41, 5.74) is 7.72. The van der Waals surface area contributed by atoms with Gasteiger partial charge in [-0.05, 0) is 37.5 Å². The molecule has 0 saturated heterocycles. The number of aryl methyl sites for hydroxylation is 1. The van der Waals surface area contributed by atoms with Gasteiger partial charge in [0.1, 0.15) is 5.75 Å². The molecule has 1 aliphatic carbocycles. The first kappa shape index (κ1) is 9.99. The van der Waals surface area contributed by atoms with Crippen LogP contribution in [0.2, 0.25) is 0 Å². The number of aromatic hydroxyl groups is 1. The Morgan fingerprint density at radius 1 is 1.50 bits per heavy atom. The standard InChI is InChI=1S/C11H14BrNO/c1-7-4-8(12)5-9(10(7)14)11(6-13)2-3-11/h4-5,14H,2-3,6,13H2,1H3. The molecule has 0 amide bonds. The molecule has 0 bridgehead atoms. The predicted molar refractivity (Wildman–Crippen MR) is 60.5 cm³/mol. The number of phenols is 1. The Labute approximate surface area is 92.3 Å². The molecule has 0 aliphatic heterocycles. The van der Waals surface area contributed by atoms with Gasteiger partial charge < -0.3 is 10.8 Å². The summed E-state index contributed by atoms with van der Waals surface area (Å²) in [5, 5.41) is 9.95. The molecule has 0 unspecified atom stereocenters. The maximum absolute atomic E-state index is 9.95. The molecule has 1 saturated carbocycles. The van der Waals surface area contributed by atoms with E-state index in [0.29, 0.717) is 12.3 Å². The van der Waals surface area contributed by atoms with Crippen LogP contribution in [0.4, 0.5) is 0 Å². The molecule has 1 fully saturated rings. The van der Waals surface area contributed by atoms with Crippen molar-refractivity contribution in [3.63, 3.8) is 0 Å². The zero-order valence-electron chi connectivity index (χ0n) is 8.18. The average Bonchev–Trinajstić information content (AvgIpc) is 2.92. The van der Waals surface area contributed by atoms with E-state index in [1.165, 1.54) is 0 Å². The summed E-state index contributed by atoms with van der Waals surface area (Å²) in [6.07, 6.45) is 2.18. The molecule has 0 atom stereocenters. The summed E-state index contributed by atoms with van der Waals surface area (Å²) < 4.78 is 1.02. The SMILES string of the molecule is Cc1cc(Br)cc(C2(CN)CC2)c1O. The lowest BCUT2D eigenvalue weighted by Gasteiger charge is -2.16. The summed E-state index contributed by atoms with van der Waals surface area (Å²) in [6, 6.07) is 3.91. The van der Waals surface area contributed by atoms with Crippen molar-refractivity contribution in [2.75, 3.05) is 6.54 Å². The Kier molecular flexibility index (Phi) is 2.32. The second-order valence-electron chi connectivity index (χ2n) is 4.10. The van der Waals surface area contributed by atoms with Crippen molar-refractivity contribution in [2.24, 2.45) is 5.73 Å². The van der Waals surface area contributed by atoms with Crippen LogP contribution in [0.1, 0.15) is 24.0 Å². The van der Waals surface area contributed by atoms with Crippen LogP contribution < -0.4 is 5.73 Å². The third kappa shape index (κ3) is 1.44. The Morgan fingerprint density at radius 3 is 2.64 bits per heavy atom. The first-order valence-corrected chi connectivity index (χ1v) is 5.58. The molecule has 3 N–H and O–H groups in total. The number of hydrogen-bond donors (Lipinski definition) is 2. The third-order valence-corrected chi connectivity index (χ3v) is 3.54. The molecule has 1 aromatic carbocycles. The highest BCUT2D eigenvalue weighted by molar-refractivity contribution is 9.10. The number of nitrogens with two attached hydrogens (primary N) is 1. The van der Waals surface area contributed by atoms with E-state index in [4.69, 9.17) is 5.73 Å². The van der Waals surface area contributed by atoms with Gasteiger partial charge in [-0.1, -0.05) is 15.9 Å². The van der Waals surface area contributed by atoms with Gasteiger partial charge in [0, 0.05) is 22.0 Å². The second-order valence-corrected chi connectivity index (χ2v) is 5.02. The first-order chi connectivity index (χ1) is 6.59. The summed E-state index contributed by atoms with van der Waals surface area (Å²) in [6.45, 7) is 2.53. The van der Waals surface area contributed by atoms with Crippen molar-refractivity contribution in [1.82, 2.24) is 0 Å². The fraction of sp³-hybridized carbons (Fsp3) is 0.455. The van der Waals surface area contributed by atoms with Crippen LogP contribution in [-0.4, -0.2) is 11.7 Å². The molecule has 3 heteroatoms. The summed E-state index contributed by atoms with van der Waals surface area (Å²) in [4.78, 5) is 0. The monoisotopic (exact) mass is 255 g/mol. The van der Waals surface area contributed by atoms with E-state index >= 15 is 0 Å². The van der Waals surface area contributed by atoms with Gasteiger partial charge >= 0.3 is 0 Å². The average molecular weight is 256 g/mol. The Bertz CT molecular complexity index is 372. The lowest BCUT2D eigenvalue weighted by Crippen LogP contribution is -2.20. The first-order valence-electron chi connectivity index (χ1n) is 4.79. The molecule has 2 nitrogen and oxygen atoms in total. The van der Waals surface area contributed by atoms with Gasteiger partial charge in [0.2, 0.25) is 0 Å².